The number of carbonyl (C=O) groups excluding carboxylic acids is 1. The van der Waals surface area contributed by atoms with Crippen LogP contribution in [0.5, 0.6) is 0 Å². The van der Waals surface area contributed by atoms with Crippen LogP contribution >= 0.6 is 0 Å². The highest BCUT2D eigenvalue weighted by molar-refractivity contribution is 5.95. The molecule has 0 unspecified atom stereocenters. The SMILES string of the molecule is CCC1CCC(NC(=O)c2ccc(-n3ccnc3)c([N+](=O)[O-])c2)CC1. The third-order valence-electron chi connectivity index (χ3n) is 4.98. The summed E-state index contributed by atoms with van der Waals surface area (Å²) in [6.45, 7) is 2.20. The molecular formula is C18H22N4O3. The minimum Gasteiger partial charge on any atom is -0.349 e. The lowest BCUT2D eigenvalue weighted by molar-refractivity contribution is -0.384. The first-order valence-electron chi connectivity index (χ1n) is 8.66. The summed E-state index contributed by atoms with van der Waals surface area (Å²) in [5, 5.41) is 14.4. The number of hydrogen-bond acceptors (Lipinski definition) is 4. The number of nitrogens with zero attached hydrogens (tertiary/aromatic N) is 3. The van der Waals surface area contributed by atoms with E-state index < -0.39 is 4.92 Å². The molecule has 1 amide bonds. The number of amides is 1. The molecule has 2 aromatic rings. The number of benzene rings is 1. The minimum atomic E-state index is -0.474. The maximum atomic E-state index is 12.5. The Bertz CT molecular complexity index is 750. The van der Waals surface area contributed by atoms with E-state index in [4.69, 9.17) is 0 Å². The van der Waals surface area contributed by atoms with E-state index >= 15 is 0 Å². The van der Waals surface area contributed by atoms with Crippen LogP contribution in [0.25, 0.3) is 5.69 Å². The molecule has 1 N–H and O–H groups in total. The molecule has 1 saturated carbocycles. The molecule has 0 aliphatic heterocycles. The van der Waals surface area contributed by atoms with Gasteiger partial charge in [0.05, 0.1) is 11.3 Å². The van der Waals surface area contributed by atoms with Crippen molar-refractivity contribution in [3.63, 3.8) is 0 Å². The fourth-order valence-corrected chi connectivity index (χ4v) is 3.41. The van der Waals surface area contributed by atoms with Crippen molar-refractivity contribution in [1.82, 2.24) is 14.9 Å². The second-order valence-corrected chi connectivity index (χ2v) is 6.53. The summed E-state index contributed by atoms with van der Waals surface area (Å²) in [4.78, 5) is 27.3. The lowest BCUT2D eigenvalue weighted by Crippen LogP contribution is -2.37. The molecular weight excluding hydrogens is 320 g/mol. The van der Waals surface area contributed by atoms with Gasteiger partial charge in [-0.05, 0) is 43.7 Å². The van der Waals surface area contributed by atoms with Crippen LogP contribution in [0.1, 0.15) is 49.4 Å². The predicted molar refractivity (Wildman–Crippen MR) is 93.7 cm³/mol. The van der Waals surface area contributed by atoms with Crippen molar-refractivity contribution in [2.45, 2.75) is 45.1 Å². The summed E-state index contributed by atoms with van der Waals surface area (Å²) < 4.78 is 1.56. The fourth-order valence-electron chi connectivity index (χ4n) is 3.41. The maximum absolute atomic E-state index is 12.5. The average Bonchev–Trinajstić information content (AvgIpc) is 3.16. The molecule has 1 heterocycles. The number of hydrogen-bond donors (Lipinski definition) is 1. The molecule has 0 radical (unpaired) electrons. The quantitative estimate of drug-likeness (QED) is 0.665. The molecule has 0 spiro atoms. The number of rotatable bonds is 5. The topological polar surface area (TPSA) is 90.1 Å². The summed E-state index contributed by atoms with van der Waals surface area (Å²) in [7, 11) is 0. The van der Waals surface area contributed by atoms with E-state index in [2.05, 4.69) is 17.2 Å². The molecule has 1 aliphatic rings. The summed E-state index contributed by atoms with van der Waals surface area (Å²) in [6, 6.07) is 4.70. The van der Waals surface area contributed by atoms with Gasteiger partial charge in [-0.3, -0.25) is 14.9 Å². The molecule has 1 aromatic heterocycles. The van der Waals surface area contributed by atoms with Gasteiger partial charge in [0, 0.05) is 30.1 Å². The van der Waals surface area contributed by atoms with E-state index in [0.717, 1.165) is 31.6 Å². The van der Waals surface area contributed by atoms with Gasteiger partial charge in [-0.1, -0.05) is 13.3 Å². The second-order valence-electron chi connectivity index (χ2n) is 6.53. The Kier molecular flexibility index (Phi) is 5.11. The Morgan fingerprint density at radius 1 is 1.36 bits per heavy atom. The average molecular weight is 342 g/mol. The second kappa shape index (κ2) is 7.46. The van der Waals surface area contributed by atoms with Gasteiger partial charge in [-0.15, -0.1) is 0 Å². The smallest absolute Gasteiger partial charge is 0.294 e. The van der Waals surface area contributed by atoms with Crippen LogP contribution in [0, 0.1) is 16.0 Å². The van der Waals surface area contributed by atoms with E-state index in [1.807, 2.05) is 0 Å². The van der Waals surface area contributed by atoms with Crippen LogP contribution in [-0.4, -0.2) is 26.4 Å². The normalized spacial score (nSPS) is 20.2. The van der Waals surface area contributed by atoms with E-state index in [-0.39, 0.29) is 17.6 Å². The number of nitro groups is 1. The number of aromatic nitrogens is 2. The van der Waals surface area contributed by atoms with Gasteiger partial charge in [0.15, 0.2) is 0 Å². The highest BCUT2D eigenvalue weighted by Crippen LogP contribution is 2.27. The van der Waals surface area contributed by atoms with Crippen molar-refractivity contribution in [3.8, 4) is 5.69 Å². The Hall–Kier alpha value is -2.70. The largest absolute Gasteiger partial charge is 0.349 e. The summed E-state index contributed by atoms with van der Waals surface area (Å²) in [5.74, 6) is 0.504. The highest BCUT2D eigenvalue weighted by Gasteiger charge is 2.23. The van der Waals surface area contributed by atoms with Gasteiger partial charge in [0.1, 0.15) is 5.69 Å². The third kappa shape index (κ3) is 3.87. The molecule has 132 valence electrons. The molecule has 7 heteroatoms. The predicted octanol–water partition coefficient (Wildman–Crippen LogP) is 3.48. The van der Waals surface area contributed by atoms with Gasteiger partial charge in [0.2, 0.25) is 0 Å². The van der Waals surface area contributed by atoms with E-state index in [1.165, 1.54) is 18.8 Å². The van der Waals surface area contributed by atoms with Gasteiger partial charge in [-0.25, -0.2) is 4.98 Å². The Morgan fingerprint density at radius 2 is 2.12 bits per heavy atom. The molecule has 7 nitrogen and oxygen atoms in total. The Labute approximate surface area is 146 Å². The Balaban J connectivity index is 1.75. The molecule has 1 fully saturated rings. The fraction of sp³-hybridized carbons (Fsp3) is 0.444. The molecule has 25 heavy (non-hydrogen) atoms. The molecule has 0 saturated heterocycles. The molecule has 0 bridgehead atoms. The highest BCUT2D eigenvalue weighted by atomic mass is 16.6. The minimum absolute atomic E-state index is 0.111. The zero-order chi connectivity index (χ0) is 17.8. The zero-order valence-corrected chi connectivity index (χ0v) is 14.2. The van der Waals surface area contributed by atoms with Gasteiger partial charge < -0.3 is 9.88 Å². The van der Waals surface area contributed by atoms with Crippen molar-refractivity contribution >= 4 is 11.6 Å². The van der Waals surface area contributed by atoms with Gasteiger partial charge in [-0.2, -0.15) is 0 Å². The zero-order valence-electron chi connectivity index (χ0n) is 14.2. The first kappa shape index (κ1) is 17.1. The van der Waals surface area contributed by atoms with Crippen LogP contribution < -0.4 is 5.32 Å². The molecule has 3 rings (SSSR count). The summed E-state index contributed by atoms with van der Waals surface area (Å²) in [6.07, 6.45) is 10.1. The maximum Gasteiger partial charge on any atom is 0.294 e. The van der Waals surface area contributed by atoms with E-state index in [9.17, 15) is 14.9 Å². The van der Waals surface area contributed by atoms with E-state index in [1.54, 1.807) is 29.1 Å². The summed E-state index contributed by atoms with van der Waals surface area (Å²) >= 11 is 0. The van der Waals surface area contributed by atoms with Crippen LogP contribution in [-0.2, 0) is 0 Å². The lowest BCUT2D eigenvalue weighted by Gasteiger charge is -2.28. The summed E-state index contributed by atoms with van der Waals surface area (Å²) in [5.41, 5.74) is 0.594. The monoisotopic (exact) mass is 342 g/mol. The lowest BCUT2D eigenvalue weighted by atomic mass is 9.84. The third-order valence-corrected chi connectivity index (χ3v) is 4.98. The molecule has 1 aliphatic carbocycles. The van der Waals surface area contributed by atoms with Crippen molar-refractivity contribution in [2.24, 2.45) is 5.92 Å². The number of nitro benzene ring substituents is 1. The van der Waals surface area contributed by atoms with Crippen molar-refractivity contribution in [1.29, 1.82) is 0 Å². The van der Waals surface area contributed by atoms with Crippen LogP contribution in [0.2, 0.25) is 0 Å². The standard InChI is InChI=1S/C18H22N4O3/c1-2-13-3-6-15(7-4-13)20-18(23)14-5-8-16(17(11-14)22(24)25)21-10-9-19-12-21/h5,8-13,15H,2-4,6-7H2,1H3,(H,20,23). The van der Waals surface area contributed by atoms with Gasteiger partial charge >= 0.3 is 0 Å². The van der Waals surface area contributed by atoms with Crippen LogP contribution in [0.15, 0.2) is 36.9 Å². The van der Waals surface area contributed by atoms with E-state index in [0.29, 0.717) is 11.3 Å². The van der Waals surface area contributed by atoms with Crippen LogP contribution in [0.3, 0.4) is 0 Å². The molecule has 1 aromatic carbocycles. The number of nitrogens with one attached hydrogen (secondary N) is 1. The van der Waals surface area contributed by atoms with Gasteiger partial charge in [0.25, 0.3) is 11.6 Å². The number of imidazole rings is 1. The Morgan fingerprint density at radius 3 is 2.72 bits per heavy atom. The first-order chi connectivity index (χ1) is 12.1. The van der Waals surface area contributed by atoms with Crippen molar-refractivity contribution in [3.05, 3.63) is 52.6 Å². The molecule has 0 atom stereocenters. The van der Waals surface area contributed by atoms with Crippen molar-refractivity contribution < 1.29 is 9.72 Å². The number of carbonyl (C=O) groups is 1. The first-order valence-corrected chi connectivity index (χ1v) is 8.66. The van der Waals surface area contributed by atoms with Crippen LogP contribution in [0.4, 0.5) is 5.69 Å². The van der Waals surface area contributed by atoms with Crippen molar-refractivity contribution in [2.75, 3.05) is 0 Å².